The molecule has 0 saturated carbocycles. The van der Waals surface area contributed by atoms with E-state index in [0.29, 0.717) is 16.7 Å². The molecule has 0 aliphatic heterocycles. The van der Waals surface area contributed by atoms with Crippen molar-refractivity contribution in [1.82, 2.24) is 15.0 Å². The molecular weight excluding hydrogens is 188 g/mol. The minimum atomic E-state index is 0.482. The Kier molecular flexibility index (Phi) is 1.90. The molecule has 0 amide bonds. The zero-order chi connectivity index (χ0) is 9.26. The number of H-pyrrole nitrogens is 1. The second kappa shape index (κ2) is 3.06. The molecule has 2 aromatic heterocycles. The van der Waals surface area contributed by atoms with Gasteiger partial charge in [0.2, 0.25) is 0 Å². The fraction of sp³-hybridized carbons (Fsp3) is 0. The van der Waals surface area contributed by atoms with Crippen LogP contribution in [0.25, 0.3) is 11.3 Å². The molecule has 2 heterocycles. The summed E-state index contributed by atoms with van der Waals surface area (Å²) in [5.74, 6) is 0.482. The number of nitrogens with zero attached hydrogens (tertiary/aromatic N) is 2. The van der Waals surface area contributed by atoms with Gasteiger partial charge in [0.05, 0.1) is 6.33 Å². The Labute approximate surface area is 79.8 Å². The van der Waals surface area contributed by atoms with E-state index in [4.69, 9.17) is 17.3 Å². The number of anilines is 1. The van der Waals surface area contributed by atoms with Gasteiger partial charge < -0.3 is 10.7 Å². The fourth-order valence-corrected chi connectivity index (χ4v) is 1.23. The molecular formula is C8H7ClN4. The first kappa shape index (κ1) is 8.07. The monoisotopic (exact) mass is 194 g/mol. The molecule has 0 radical (unpaired) electrons. The number of nitrogens with two attached hydrogens (primary N) is 1. The number of pyridine rings is 1. The molecule has 0 aliphatic rings. The standard InChI is InChI=1S/C8H7ClN4/c9-8-7(12-4-13-8)5-1-2-6(10)11-3-5/h1-4H,(H2,10,11)(H,12,13). The number of halogens is 1. The zero-order valence-electron chi connectivity index (χ0n) is 6.66. The average Bonchev–Trinajstić information content (AvgIpc) is 2.53. The van der Waals surface area contributed by atoms with Crippen molar-refractivity contribution in [2.24, 2.45) is 0 Å². The summed E-state index contributed by atoms with van der Waals surface area (Å²) in [7, 11) is 0. The molecule has 0 aromatic carbocycles. The molecule has 5 heteroatoms. The van der Waals surface area contributed by atoms with E-state index in [1.807, 2.05) is 6.07 Å². The van der Waals surface area contributed by atoms with E-state index >= 15 is 0 Å². The van der Waals surface area contributed by atoms with E-state index in [-0.39, 0.29) is 0 Å². The van der Waals surface area contributed by atoms with E-state index in [1.165, 1.54) is 6.33 Å². The van der Waals surface area contributed by atoms with Crippen molar-refractivity contribution in [2.75, 3.05) is 5.73 Å². The molecule has 0 atom stereocenters. The van der Waals surface area contributed by atoms with Crippen LogP contribution in [0.5, 0.6) is 0 Å². The number of nitrogen functional groups attached to an aromatic ring is 1. The summed E-state index contributed by atoms with van der Waals surface area (Å²) in [6.45, 7) is 0. The van der Waals surface area contributed by atoms with E-state index < -0.39 is 0 Å². The first-order valence-corrected chi connectivity index (χ1v) is 4.06. The van der Waals surface area contributed by atoms with Gasteiger partial charge in [-0.3, -0.25) is 0 Å². The van der Waals surface area contributed by atoms with Crippen LogP contribution in [0.3, 0.4) is 0 Å². The number of aromatic nitrogens is 3. The van der Waals surface area contributed by atoms with Gasteiger partial charge in [-0.15, -0.1) is 0 Å². The van der Waals surface area contributed by atoms with E-state index in [9.17, 15) is 0 Å². The van der Waals surface area contributed by atoms with Crippen LogP contribution in [-0.2, 0) is 0 Å². The van der Waals surface area contributed by atoms with Crippen molar-refractivity contribution in [1.29, 1.82) is 0 Å². The largest absolute Gasteiger partial charge is 0.384 e. The minimum absolute atomic E-state index is 0.482. The third-order valence-corrected chi connectivity index (χ3v) is 1.94. The second-order valence-corrected chi connectivity index (χ2v) is 2.91. The van der Waals surface area contributed by atoms with Crippen molar-refractivity contribution in [2.45, 2.75) is 0 Å². The highest BCUT2D eigenvalue weighted by Crippen LogP contribution is 2.23. The summed E-state index contributed by atoms with van der Waals surface area (Å²) in [6.07, 6.45) is 3.17. The molecule has 0 unspecified atom stereocenters. The quantitative estimate of drug-likeness (QED) is 0.726. The van der Waals surface area contributed by atoms with Crippen LogP contribution >= 0.6 is 11.6 Å². The van der Waals surface area contributed by atoms with E-state index in [1.54, 1.807) is 12.3 Å². The molecule has 0 aliphatic carbocycles. The predicted octanol–water partition coefficient (Wildman–Crippen LogP) is 1.71. The van der Waals surface area contributed by atoms with Gasteiger partial charge in [0.15, 0.2) is 0 Å². The molecule has 0 fully saturated rings. The van der Waals surface area contributed by atoms with Crippen LogP contribution < -0.4 is 5.73 Å². The van der Waals surface area contributed by atoms with E-state index in [0.717, 1.165) is 5.56 Å². The van der Waals surface area contributed by atoms with E-state index in [2.05, 4.69) is 15.0 Å². The summed E-state index contributed by atoms with van der Waals surface area (Å²) >= 11 is 5.84. The Bertz CT molecular complexity index is 406. The number of hydrogen-bond acceptors (Lipinski definition) is 3. The number of hydrogen-bond donors (Lipinski definition) is 2. The first-order valence-electron chi connectivity index (χ1n) is 3.68. The number of rotatable bonds is 1. The highest BCUT2D eigenvalue weighted by atomic mass is 35.5. The number of imidazole rings is 1. The fourth-order valence-electron chi connectivity index (χ4n) is 1.03. The Morgan fingerprint density at radius 3 is 2.69 bits per heavy atom. The lowest BCUT2D eigenvalue weighted by Crippen LogP contribution is -1.89. The molecule has 0 bridgehead atoms. The molecule has 3 N–H and O–H groups in total. The summed E-state index contributed by atoms with van der Waals surface area (Å²) in [5, 5.41) is 0.506. The maximum absolute atomic E-state index is 5.84. The minimum Gasteiger partial charge on any atom is -0.384 e. The second-order valence-electron chi connectivity index (χ2n) is 2.54. The molecule has 0 saturated heterocycles. The predicted molar refractivity (Wildman–Crippen MR) is 51.2 cm³/mol. The number of aromatic amines is 1. The topological polar surface area (TPSA) is 67.6 Å². The molecule has 66 valence electrons. The highest BCUT2D eigenvalue weighted by Gasteiger charge is 2.05. The maximum Gasteiger partial charge on any atom is 0.134 e. The van der Waals surface area contributed by atoms with Crippen molar-refractivity contribution in [3.8, 4) is 11.3 Å². The summed E-state index contributed by atoms with van der Waals surface area (Å²) in [5.41, 5.74) is 6.98. The zero-order valence-corrected chi connectivity index (χ0v) is 7.42. The molecule has 4 nitrogen and oxygen atoms in total. The van der Waals surface area contributed by atoms with Crippen LogP contribution in [0.2, 0.25) is 5.15 Å². The van der Waals surface area contributed by atoms with Crippen molar-refractivity contribution < 1.29 is 0 Å². The Morgan fingerprint density at radius 2 is 2.15 bits per heavy atom. The van der Waals surface area contributed by atoms with Crippen LogP contribution in [0.1, 0.15) is 0 Å². The van der Waals surface area contributed by atoms with Gasteiger partial charge in [0.25, 0.3) is 0 Å². The first-order chi connectivity index (χ1) is 6.27. The molecule has 2 rings (SSSR count). The lowest BCUT2D eigenvalue weighted by atomic mass is 10.2. The van der Waals surface area contributed by atoms with Crippen molar-refractivity contribution in [3.63, 3.8) is 0 Å². The third kappa shape index (κ3) is 1.48. The van der Waals surface area contributed by atoms with Gasteiger partial charge in [-0.1, -0.05) is 11.6 Å². The Morgan fingerprint density at radius 1 is 1.31 bits per heavy atom. The Balaban J connectivity index is 2.47. The average molecular weight is 195 g/mol. The van der Waals surface area contributed by atoms with Crippen molar-refractivity contribution in [3.05, 3.63) is 29.8 Å². The highest BCUT2D eigenvalue weighted by molar-refractivity contribution is 6.31. The SMILES string of the molecule is Nc1ccc(-c2nc[nH]c2Cl)cn1. The van der Waals surface area contributed by atoms with Crippen LogP contribution in [-0.4, -0.2) is 15.0 Å². The molecule has 0 spiro atoms. The lowest BCUT2D eigenvalue weighted by Gasteiger charge is -1.96. The van der Waals surface area contributed by atoms with Gasteiger partial charge in [-0.25, -0.2) is 9.97 Å². The third-order valence-electron chi connectivity index (χ3n) is 1.65. The van der Waals surface area contributed by atoms with Gasteiger partial charge in [-0.05, 0) is 12.1 Å². The number of nitrogens with one attached hydrogen (secondary N) is 1. The van der Waals surface area contributed by atoms with Crippen molar-refractivity contribution >= 4 is 17.4 Å². The van der Waals surface area contributed by atoms with Gasteiger partial charge in [0, 0.05) is 11.8 Å². The van der Waals surface area contributed by atoms with Gasteiger partial charge in [0.1, 0.15) is 16.7 Å². The molecule has 2 aromatic rings. The maximum atomic E-state index is 5.84. The Hall–Kier alpha value is -1.55. The van der Waals surface area contributed by atoms with Crippen LogP contribution in [0.15, 0.2) is 24.7 Å². The van der Waals surface area contributed by atoms with Gasteiger partial charge >= 0.3 is 0 Å². The van der Waals surface area contributed by atoms with Crippen LogP contribution in [0.4, 0.5) is 5.82 Å². The molecule has 13 heavy (non-hydrogen) atoms. The summed E-state index contributed by atoms with van der Waals surface area (Å²) in [4.78, 5) is 10.8. The van der Waals surface area contributed by atoms with Gasteiger partial charge in [-0.2, -0.15) is 0 Å². The van der Waals surface area contributed by atoms with Crippen LogP contribution in [0, 0.1) is 0 Å². The smallest absolute Gasteiger partial charge is 0.134 e. The summed E-state index contributed by atoms with van der Waals surface area (Å²) in [6, 6.07) is 3.53. The lowest BCUT2D eigenvalue weighted by molar-refractivity contribution is 1.30. The normalized spacial score (nSPS) is 10.2. The summed E-state index contributed by atoms with van der Waals surface area (Å²) < 4.78 is 0.